The summed E-state index contributed by atoms with van der Waals surface area (Å²) in [5, 5.41) is 3.61. The Morgan fingerprint density at radius 2 is 1.82 bits per heavy atom. The first-order chi connectivity index (χ1) is 8.24. The van der Waals surface area contributed by atoms with Gasteiger partial charge >= 0.3 is 0 Å². The minimum Gasteiger partial charge on any atom is -0.309 e. The van der Waals surface area contributed by atoms with E-state index in [9.17, 15) is 0 Å². The lowest BCUT2D eigenvalue weighted by Gasteiger charge is -2.11. The van der Waals surface area contributed by atoms with E-state index < -0.39 is 0 Å². The number of thiophene rings is 1. The minimum absolute atomic E-state index is 0.518. The van der Waals surface area contributed by atoms with Gasteiger partial charge in [0.15, 0.2) is 0 Å². The first-order valence-electron chi connectivity index (χ1n) is 7.03. The average Bonchev–Trinajstić information content (AvgIpc) is 2.74. The van der Waals surface area contributed by atoms with E-state index >= 15 is 0 Å². The molecule has 0 radical (unpaired) electrons. The third-order valence-electron chi connectivity index (χ3n) is 3.17. The van der Waals surface area contributed by atoms with Crippen molar-refractivity contribution >= 4 is 11.3 Å². The number of nitrogens with one attached hydrogen (secondary N) is 1. The third-order valence-corrected chi connectivity index (χ3v) is 4.35. The summed E-state index contributed by atoms with van der Waals surface area (Å²) in [4.78, 5) is 2.88. The van der Waals surface area contributed by atoms with Crippen molar-refractivity contribution in [1.82, 2.24) is 5.32 Å². The highest BCUT2D eigenvalue weighted by atomic mass is 32.1. The van der Waals surface area contributed by atoms with E-state index in [-0.39, 0.29) is 0 Å². The first kappa shape index (κ1) is 14.7. The van der Waals surface area contributed by atoms with Gasteiger partial charge in [-0.2, -0.15) is 0 Å². The first-order valence-corrected chi connectivity index (χ1v) is 7.85. The highest BCUT2D eigenvalue weighted by molar-refractivity contribution is 7.12. The van der Waals surface area contributed by atoms with E-state index in [0.717, 1.165) is 6.54 Å². The Morgan fingerprint density at radius 1 is 1.12 bits per heavy atom. The van der Waals surface area contributed by atoms with Crippen LogP contribution in [0.1, 0.15) is 68.2 Å². The third kappa shape index (κ3) is 6.23. The topological polar surface area (TPSA) is 12.0 Å². The fourth-order valence-corrected chi connectivity index (χ4v) is 2.91. The molecular weight excluding hydrogens is 226 g/mol. The van der Waals surface area contributed by atoms with Crippen LogP contribution in [-0.2, 0) is 0 Å². The molecule has 1 nitrogen and oxygen atoms in total. The maximum Gasteiger partial charge on any atom is 0.0386 e. The van der Waals surface area contributed by atoms with Gasteiger partial charge in [0.2, 0.25) is 0 Å². The van der Waals surface area contributed by atoms with Gasteiger partial charge in [0.1, 0.15) is 0 Å². The average molecular weight is 253 g/mol. The van der Waals surface area contributed by atoms with Crippen LogP contribution in [0, 0.1) is 6.92 Å². The molecule has 0 aliphatic heterocycles. The van der Waals surface area contributed by atoms with Crippen LogP contribution in [0.25, 0.3) is 0 Å². The van der Waals surface area contributed by atoms with Crippen molar-refractivity contribution < 1.29 is 0 Å². The van der Waals surface area contributed by atoms with E-state index in [0.29, 0.717) is 6.04 Å². The molecule has 1 aromatic rings. The molecule has 2 heteroatoms. The zero-order valence-corrected chi connectivity index (χ0v) is 12.4. The Bertz CT molecular complexity index is 293. The second-order valence-electron chi connectivity index (χ2n) is 4.89. The largest absolute Gasteiger partial charge is 0.309 e. The summed E-state index contributed by atoms with van der Waals surface area (Å²) in [5.74, 6) is 0. The Balaban J connectivity index is 2.03. The number of unbranched alkanes of at least 4 members (excludes halogenated alkanes) is 5. The molecule has 0 aliphatic carbocycles. The molecular formula is C15H27NS. The normalized spacial score (nSPS) is 12.9. The van der Waals surface area contributed by atoms with E-state index in [4.69, 9.17) is 0 Å². The Labute approximate surface area is 111 Å². The maximum atomic E-state index is 3.61. The lowest BCUT2D eigenvalue weighted by molar-refractivity contribution is 0.531. The standard InChI is InChI=1S/C15H27NS/c1-4-5-6-7-8-9-12-16-14(3)15-11-10-13(2)17-15/h10-11,14,16H,4-9,12H2,1-3H3. The van der Waals surface area contributed by atoms with Gasteiger partial charge in [-0.05, 0) is 38.9 Å². The van der Waals surface area contributed by atoms with Crippen molar-refractivity contribution in [2.45, 2.75) is 65.3 Å². The molecule has 1 rings (SSSR count). The van der Waals surface area contributed by atoms with Gasteiger partial charge in [-0.15, -0.1) is 11.3 Å². The molecule has 17 heavy (non-hydrogen) atoms. The van der Waals surface area contributed by atoms with Gasteiger partial charge in [-0.25, -0.2) is 0 Å². The molecule has 0 bridgehead atoms. The zero-order chi connectivity index (χ0) is 12.5. The summed E-state index contributed by atoms with van der Waals surface area (Å²) in [6.45, 7) is 7.87. The minimum atomic E-state index is 0.518. The molecule has 0 saturated carbocycles. The van der Waals surface area contributed by atoms with E-state index in [1.807, 2.05) is 11.3 Å². The number of aryl methyl sites for hydroxylation is 1. The summed E-state index contributed by atoms with van der Waals surface area (Å²) < 4.78 is 0. The molecule has 0 spiro atoms. The fourth-order valence-electron chi connectivity index (χ4n) is 2.01. The lowest BCUT2D eigenvalue weighted by Crippen LogP contribution is -2.18. The fraction of sp³-hybridized carbons (Fsp3) is 0.733. The van der Waals surface area contributed by atoms with Crippen molar-refractivity contribution in [2.24, 2.45) is 0 Å². The van der Waals surface area contributed by atoms with E-state index in [2.05, 4.69) is 38.2 Å². The van der Waals surface area contributed by atoms with Crippen molar-refractivity contribution in [1.29, 1.82) is 0 Å². The number of rotatable bonds is 9. The maximum absolute atomic E-state index is 3.61. The van der Waals surface area contributed by atoms with Gasteiger partial charge in [0.25, 0.3) is 0 Å². The summed E-state index contributed by atoms with van der Waals surface area (Å²) in [7, 11) is 0. The monoisotopic (exact) mass is 253 g/mol. The summed E-state index contributed by atoms with van der Waals surface area (Å²) in [6.07, 6.45) is 8.26. The quantitative estimate of drug-likeness (QED) is 0.606. The van der Waals surface area contributed by atoms with Crippen LogP contribution in [-0.4, -0.2) is 6.54 Å². The highest BCUT2D eigenvalue weighted by Gasteiger charge is 2.05. The molecule has 0 saturated heterocycles. The van der Waals surface area contributed by atoms with Crippen molar-refractivity contribution in [3.05, 3.63) is 21.9 Å². The van der Waals surface area contributed by atoms with Gasteiger partial charge in [-0.3, -0.25) is 0 Å². The lowest BCUT2D eigenvalue weighted by atomic mass is 10.1. The smallest absolute Gasteiger partial charge is 0.0386 e. The molecule has 1 heterocycles. The molecule has 0 aliphatic rings. The van der Waals surface area contributed by atoms with E-state index in [1.54, 1.807) is 0 Å². The van der Waals surface area contributed by atoms with Crippen molar-refractivity contribution in [2.75, 3.05) is 6.54 Å². The predicted octanol–water partition coefficient (Wildman–Crippen LogP) is 5.07. The zero-order valence-electron chi connectivity index (χ0n) is 11.6. The summed E-state index contributed by atoms with van der Waals surface area (Å²) in [6, 6.07) is 4.98. The van der Waals surface area contributed by atoms with Crippen LogP contribution in [0.2, 0.25) is 0 Å². The number of hydrogen-bond donors (Lipinski definition) is 1. The summed E-state index contributed by atoms with van der Waals surface area (Å²) in [5.41, 5.74) is 0. The van der Waals surface area contributed by atoms with Gasteiger partial charge < -0.3 is 5.32 Å². The van der Waals surface area contributed by atoms with Gasteiger partial charge in [0.05, 0.1) is 0 Å². The predicted molar refractivity (Wildman–Crippen MR) is 78.8 cm³/mol. The van der Waals surface area contributed by atoms with Crippen molar-refractivity contribution in [3.8, 4) is 0 Å². The molecule has 0 fully saturated rings. The molecule has 0 aromatic carbocycles. The van der Waals surface area contributed by atoms with Crippen molar-refractivity contribution in [3.63, 3.8) is 0 Å². The molecule has 1 unspecified atom stereocenters. The molecule has 1 aromatic heterocycles. The molecule has 98 valence electrons. The van der Waals surface area contributed by atoms with Crippen LogP contribution < -0.4 is 5.32 Å². The second-order valence-corrected chi connectivity index (χ2v) is 6.21. The van der Waals surface area contributed by atoms with Crippen LogP contribution in [0.15, 0.2) is 12.1 Å². The van der Waals surface area contributed by atoms with Crippen LogP contribution >= 0.6 is 11.3 Å². The number of hydrogen-bond acceptors (Lipinski definition) is 2. The second kappa shape index (κ2) is 8.71. The molecule has 1 atom stereocenters. The molecule has 1 N–H and O–H groups in total. The van der Waals surface area contributed by atoms with Crippen LogP contribution in [0.3, 0.4) is 0 Å². The summed E-state index contributed by atoms with van der Waals surface area (Å²) >= 11 is 1.91. The van der Waals surface area contributed by atoms with E-state index in [1.165, 1.54) is 48.3 Å². The highest BCUT2D eigenvalue weighted by Crippen LogP contribution is 2.22. The molecule has 0 amide bonds. The van der Waals surface area contributed by atoms with Gasteiger partial charge in [-0.1, -0.05) is 39.0 Å². The van der Waals surface area contributed by atoms with Crippen LogP contribution in [0.5, 0.6) is 0 Å². The Kier molecular flexibility index (Phi) is 7.54. The SMILES string of the molecule is CCCCCCCCNC(C)c1ccc(C)s1. The van der Waals surface area contributed by atoms with Crippen LogP contribution in [0.4, 0.5) is 0 Å². The Hall–Kier alpha value is -0.340. The Morgan fingerprint density at radius 3 is 2.47 bits per heavy atom. The van der Waals surface area contributed by atoms with Gasteiger partial charge in [0, 0.05) is 15.8 Å².